The van der Waals surface area contributed by atoms with Gasteiger partial charge in [0.2, 0.25) is 0 Å². The molecule has 102 valence electrons. The first-order valence-corrected chi connectivity index (χ1v) is 6.09. The zero-order chi connectivity index (χ0) is 13.8. The molecule has 1 saturated heterocycles. The molecule has 0 spiro atoms. The number of carboxylic acid groups (broad SMARTS) is 1. The third-order valence-corrected chi connectivity index (χ3v) is 3.06. The van der Waals surface area contributed by atoms with Crippen LogP contribution in [0.1, 0.15) is 24.4 Å². The molecule has 2 amide bonds. The first kappa shape index (κ1) is 13.3. The molecule has 2 rings (SSSR count). The summed E-state index contributed by atoms with van der Waals surface area (Å²) in [6, 6.07) is 5.63. The Kier molecular flexibility index (Phi) is 3.99. The lowest BCUT2D eigenvalue weighted by Gasteiger charge is -2.13. The lowest BCUT2D eigenvalue weighted by Crippen LogP contribution is -2.29. The van der Waals surface area contributed by atoms with Gasteiger partial charge in [-0.05, 0) is 24.1 Å². The van der Waals surface area contributed by atoms with E-state index < -0.39 is 5.97 Å². The first-order valence-electron chi connectivity index (χ1n) is 6.09. The summed E-state index contributed by atoms with van der Waals surface area (Å²) in [7, 11) is 0. The predicted octanol–water partition coefficient (Wildman–Crippen LogP) is 1.76. The summed E-state index contributed by atoms with van der Waals surface area (Å²) >= 11 is 0. The molecular weight excluding hydrogens is 251 g/mol. The van der Waals surface area contributed by atoms with E-state index in [0.717, 1.165) is 0 Å². The van der Waals surface area contributed by atoms with Crippen molar-refractivity contribution in [2.24, 2.45) is 0 Å². The second-order valence-corrected chi connectivity index (χ2v) is 4.50. The summed E-state index contributed by atoms with van der Waals surface area (Å²) in [5.41, 5.74) is 0.717. The highest BCUT2D eigenvalue weighted by molar-refractivity contribution is 5.77. The Morgan fingerprint density at radius 3 is 3.00 bits per heavy atom. The molecule has 2 N–H and O–H groups in total. The van der Waals surface area contributed by atoms with Gasteiger partial charge in [-0.25, -0.2) is 9.18 Å². The fourth-order valence-electron chi connectivity index (χ4n) is 2.12. The van der Waals surface area contributed by atoms with E-state index in [1.54, 1.807) is 17.0 Å². The number of carbonyl (C=O) groups excluding carboxylic acids is 1. The third kappa shape index (κ3) is 3.43. The molecule has 1 unspecified atom stereocenters. The monoisotopic (exact) mass is 266 g/mol. The van der Waals surface area contributed by atoms with Gasteiger partial charge in [0.25, 0.3) is 0 Å². The molecule has 1 atom stereocenters. The van der Waals surface area contributed by atoms with E-state index in [1.807, 2.05) is 0 Å². The minimum atomic E-state index is -0.874. The van der Waals surface area contributed by atoms with Crippen molar-refractivity contribution >= 4 is 12.0 Å². The normalized spacial score (nSPS) is 18.5. The van der Waals surface area contributed by atoms with Gasteiger partial charge in [0, 0.05) is 19.5 Å². The Morgan fingerprint density at radius 2 is 2.32 bits per heavy atom. The second-order valence-electron chi connectivity index (χ2n) is 4.50. The smallest absolute Gasteiger partial charge is 0.318 e. The highest BCUT2D eigenvalue weighted by Crippen LogP contribution is 2.21. The summed E-state index contributed by atoms with van der Waals surface area (Å²) in [5, 5.41) is 11.3. The van der Waals surface area contributed by atoms with Gasteiger partial charge in [-0.1, -0.05) is 12.1 Å². The van der Waals surface area contributed by atoms with Crippen molar-refractivity contribution in [2.45, 2.75) is 18.9 Å². The van der Waals surface area contributed by atoms with Crippen molar-refractivity contribution in [3.63, 3.8) is 0 Å². The highest BCUT2D eigenvalue weighted by Gasteiger charge is 2.29. The molecule has 0 radical (unpaired) electrons. The van der Waals surface area contributed by atoms with E-state index in [2.05, 4.69) is 5.32 Å². The molecule has 0 aromatic heterocycles. The van der Waals surface area contributed by atoms with Crippen LogP contribution in [0, 0.1) is 5.82 Å². The number of aliphatic carboxylic acids is 1. The van der Waals surface area contributed by atoms with Crippen LogP contribution in [-0.4, -0.2) is 35.1 Å². The summed E-state index contributed by atoms with van der Waals surface area (Å²) in [4.78, 5) is 23.7. The molecule has 1 aromatic rings. The Hall–Kier alpha value is -2.11. The lowest BCUT2D eigenvalue weighted by atomic mass is 10.1. The number of carbonyl (C=O) groups is 2. The molecule has 1 aliphatic heterocycles. The molecule has 6 heteroatoms. The van der Waals surface area contributed by atoms with Gasteiger partial charge >= 0.3 is 12.0 Å². The number of benzene rings is 1. The maximum absolute atomic E-state index is 13.1. The number of halogens is 1. The van der Waals surface area contributed by atoms with Crippen LogP contribution in [0.3, 0.4) is 0 Å². The average Bonchev–Trinajstić information content (AvgIpc) is 2.71. The van der Waals surface area contributed by atoms with Gasteiger partial charge in [0.1, 0.15) is 5.82 Å². The van der Waals surface area contributed by atoms with Crippen LogP contribution >= 0.6 is 0 Å². The summed E-state index contributed by atoms with van der Waals surface area (Å²) < 4.78 is 13.1. The number of nitrogens with one attached hydrogen (secondary N) is 1. The van der Waals surface area contributed by atoms with Crippen LogP contribution < -0.4 is 5.32 Å². The second kappa shape index (κ2) is 5.69. The molecule has 0 bridgehead atoms. The van der Waals surface area contributed by atoms with E-state index in [9.17, 15) is 14.0 Å². The zero-order valence-corrected chi connectivity index (χ0v) is 10.3. The van der Waals surface area contributed by atoms with Crippen LogP contribution in [-0.2, 0) is 4.79 Å². The topological polar surface area (TPSA) is 69.6 Å². The van der Waals surface area contributed by atoms with Crippen LogP contribution in [0.2, 0.25) is 0 Å². The number of amides is 2. The Morgan fingerprint density at radius 1 is 1.53 bits per heavy atom. The van der Waals surface area contributed by atoms with Crippen molar-refractivity contribution in [2.75, 3.05) is 13.1 Å². The van der Waals surface area contributed by atoms with Crippen LogP contribution in [0.4, 0.5) is 9.18 Å². The Bertz CT molecular complexity index is 493. The van der Waals surface area contributed by atoms with Gasteiger partial charge in [-0.3, -0.25) is 4.79 Å². The van der Waals surface area contributed by atoms with Crippen molar-refractivity contribution in [1.82, 2.24) is 10.2 Å². The van der Waals surface area contributed by atoms with Gasteiger partial charge in [-0.2, -0.15) is 0 Å². The number of hydrogen-bond acceptors (Lipinski definition) is 2. The maximum atomic E-state index is 13.1. The Labute approximate surface area is 110 Å². The van der Waals surface area contributed by atoms with Crippen LogP contribution in [0.25, 0.3) is 0 Å². The number of hydrogen-bond donors (Lipinski definition) is 2. The fraction of sp³-hybridized carbons (Fsp3) is 0.385. The quantitative estimate of drug-likeness (QED) is 0.853. The van der Waals surface area contributed by atoms with E-state index in [4.69, 9.17) is 5.11 Å². The van der Waals surface area contributed by atoms with E-state index in [0.29, 0.717) is 25.1 Å². The molecular formula is C13H15FN2O3. The molecule has 1 aromatic carbocycles. The van der Waals surface area contributed by atoms with Crippen LogP contribution in [0.5, 0.6) is 0 Å². The maximum Gasteiger partial charge on any atom is 0.318 e. The number of rotatable bonds is 5. The molecule has 1 heterocycles. The molecule has 5 nitrogen and oxygen atoms in total. The molecule has 1 fully saturated rings. The van der Waals surface area contributed by atoms with Gasteiger partial charge in [0.15, 0.2) is 0 Å². The van der Waals surface area contributed by atoms with E-state index in [1.165, 1.54) is 12.1 Å². The fourth-order valence-corrected chi connectivity index (χ4v) is 2.12. The van der Waals surface area contributed by atoms with Crippen LogP contribution in [0.15, 0.2) is 24.3 Å². The van der Waals surface area contributed by atoms with Gasteiger partial charge < -0.3 is 15.3 Å². The number of urea groups is 1. The van der Waals surface area contributed by atoms with Crippen molar-refractivity contribution in [3.05, 3.63) is 35.6 Å². The SMILES string of the molecule is O=C(O)CCCN1CC(c2cccc(F)c2)NC1=O. The first-order chi connectivity index (χ1) is 9.06. The third-order valence-electron chi connectivity index (χ3n) is 3.06. The van der Waals surface area contributed by atoms with E-state index in [-0.39, 0.29) is 24.3 Å². The van der Waals surface area contributed by atoms with Crippen molar-refractivity contribution in [3.8, 4) is 0 Å². The summed E-state index contributed by atoms with van der Waals surface area (Å²) in [6.07, 6.45) is 0.451. The van der Waals surface area contributed by atoms with Gasteiger partial charge in [-0.15, -0.1) is 0 Å². The molecule has 0 saturated carbocycles. The standard InChI is InChI=1S/C13H15FN2O3/c14-10-4-1-3-9(7-10)11-8-16(13(19)15-11)6-2-5-12(17)18/h1,3-4,7,11H,2,5-6,8H2,(H,15,19)(H,17,18). The summed E-state index contributed by atoms with van der Waals surface area (Å²) in [5.74, 6) is -1.21. The summed E-state index contributed by atoms with van der Waals surface area (Å²) in [6.45, 7) is 0.825. The van der Waals surface area contributed by atoms with Gasteiger partial charge in [0.05, 0.1) is 6.04 Å². The molecule has 19 heavy (non-hydrogen) atoms. The number of carboxylic acids is 1. The highest BCUT2D eigenvalue weighted by atomic mass is 19.1. The number of nitrogens with zero attached hydrogens (tertiary/aromatic N) is 1. The predicted molar refractivity (Wildman–Crippen MR) is 66.1 cm³/mol. The molecule has 1 aliphatic rings. The Balaban J connectivity index is 1.93. The van der Waals surface area contributed by atoms with Crippen molar-refractivity contribution in [1.29, 1.82) is 0 Å². The van der Waals surface area contributed by atoms with Crippen molar-refractivity contribution < 1.29 is 19.1 Å². The molecule has 0 aliphatic carbocycles. The lowest BCUT2D eigenvalue weighted by molar-refractivity contribution is -0.137. The average molecular weight is 266 g/mol. The minimum Gasteiger partial charge on any atom is -0.481 e. The largest absolute Gasteiger partial charge is 0.481 e. The minimum absolute atomic E-state index is 0.0361. The zero-order valence-electron chi connectivity index (χ0n) is 10.3. The van der Waals surface area contributed by atoms with E-state index >= 15 is 0 Å².